The van der Waals surface area contributed by atoms with Crippen molar-refractivity contribution >= 4 is 11.8 Å². The number of benzene rings is 1. The van der Waals surface area contributed by atoms with Gasteiger partial charge in [-0.3, -0.25) is 0 Å². The van der Waals surface area contributed by atoms with Crippen LogP contribution in [0.1, 0.15) is 6.42 Å². The first kappa shape index (κ1) is 12.6. The normalized spacial score (nSPS) is 14.8. The smallest absolute Gasteiger partial charge is 0.162 e. The van der Waals surface area contributed by atoms with Gasteiger partial charge in [0.15, 0.2) is 11.5 Å². The van der Waals surface area contributed by atoms with Crippen molar-refractivity contribution in [3.8, 4) is 11.5 Å². The van der Waals surface area contributed by atoms with Gasteiger partial charge in [-0.2, -0.15) is 0 Å². The summed E-state index contributed by atoms with van der Waals surface area (Å²) < 4.78 is 11.3. The average molecular weight is 253 g/mol. The van der Waals surface area contributed by atoms with Gasteiger partial charge in [0.1, 0.15) is 0 Å². The molecule has 0 aliphatic carbocycles. The molecule has 0 atom stereocenters. The Morgan fingerprint density at radius 1 is 1.18 bits per heavy atom. The maximum absolute atomic E-state index is 5.67. The Hall–Kier alpha value is -0.870. The van der Waals surface area contributed by atoms with Gasteiger partial charge in [0.2, 0.25) is 0 Å². The summed E-state index contributed by atoms with van der Waals surface area (Å²) in [5, 5.41) is 0. The molecule has 94 valence electrons. The van der Waals surface area contributed by atoms with Crippen LogP contribution in [0, 0.1) is 0 Å². The van der Waals surface area contributed by atoms with Gasteiger partial charge in [0.05, 0.1) is 13.2 Å². The zero-order chi connectivity index (χ0) is 12.1. The highest BCUT2D eigenvalue weighted by molar-refractivity contribution is 7.99. The standard InChI is InChI=1S/C13H19NO2S/c1-14(2)6-9-17-11-4-5-12-13(10-11)16-8-3-7-15-12/h4-5,10H,3,6-9H2,1-2H3. The van der Waals surface area contributed by atoms with Crippen LogP contribution in [0.3, 0.4) is 0 Å². The van der Waals surface area contributed by atoms with Crippen molar-refractivity contribution in [2.45, 2.75) is 11.3 Å². The molecule has 0 amide bonds. The van der Waals surface area contributed by atoms with E-state index in [0.29, 0.717) is 0 Å². The number of rotatable bonds is 4. The minimum Gasteiger partial charge on any atom is -0.490 e. The molecule has 3 nitrogen and oxygen atoms in total. The summed E-state index contributed by atoms with van der Waals surface area (Å²) in [6.07, 6.45) is 0.956. The van der Waals surface area contributed by atoms with E-state index in [1.807, 2.05) is 17.8 Å². The predicted molar refractivity (Wildman–Crippen MR) is 71.3 cm³/mol. The van der Waals surface area contributed by atoms with Crippen LogP contribution in [0.2, 0.25) is 0 Å². The van der Waals surface area contributed by atoms with Crippen LogP contribution >= 0.6 is 11.8 Å². The molecular weight excluding hydrogens is 234 g/mol. The molecule has 1 aliphatic rings. The van der Waals surface area contributed by atoms with E-state index in [9.17, 15) is 0 Å². The Labute approximate surface area is 107 Å². The van der Waals surface area contributed by atoms with E-state index in [2.05, 4.69) is 31.1 Å². The molecule has 2 rings (SSSR count). The Kier molecular flexibility index (Phi) is 4.57. The van der Waals surface area contributed by atoms with Crippen molar-refractivity contribution in [3.63, 3.8) is 0 Å². The molecule has 0 unspecified atom stereocenters. The zero-order valence-electron chi connectivity index (χ0n) is 10.4. The molecule has 17 heavy (non-hydrogen) atoms. The fourth-order valence-electron chi connectivity index (χ4n) is 1.58. The summed E-state index contributed by atoms with van der Waals surface area (Å²) in [5.74, 6) is 2.85. The third-order valence-corrected chi connectivity index (χ3v) is 3.50. The van der Waals surface area contributed by atoms with Gasteiger partial charge in [0.25, 0.3) is 0 Å². The van der Waals surface area contributed by atoms with Crippen LogP contribution in [0.4, 0.5) is 0 Å². The molecule has 4 heteroatoms. The van der Waals surface area contributed by atoms with Crippen molar-refractivity contribution in [2.75, 3.05) is 39.6 Å². The van der Waals surface area contributed by atoms with Crippen LogP contribution in [0.5, 0.6) is 11.5 Å². The molecule has 1 aromatic rings. The SMILES string of the molecule is CN(C)CCSc1ccc2c(c1)OCCCO2. The van der Waals surface area contributed by atoms with Gasteiger partial charge in [-0.25, -0.2) is 0 Å². The second-order valence-corrected chi connectivity index (χ2v) is 5.48. The van der Waals surface area contributed by atoms with Crippen molar-refractivity contribution in [1.82, 2.24) is 4.90 Å². The van der Waals surface area contributed by atoms with Crippen molar-refractivity contribution in [2.24, 2.45) is 0 Å². The third kappa shape index (κ3) is 3.82. The van der Waals surface area contributed by atoms with Gasteiger partial charge < -0.3 is 14.4 Å². The maximum Gasteiger partial charge on any atom is 0.162 e. The molecule has 0 fully saturated rings. The molecular formula is C13H19NO2S. The summed E-state index contributed by atoms with van der Waals surface area (Å²) >= 11 is 1.85. The summed E-state index contributed by atoms with van der Waals surface area (Å²) in [7, 11) is 4.18. The topological polar surface area (TPSA) is 21.7 Å². The predicted octanol–water partition coefficient (Wildman–Crippen LogP) is 2.50. The number of nitrogens with zero attached hydrogens (tertiary/aromatic N) is 1. The summed E-state index contributed by atoms with van der Waals surface area (Å²) in [5.41, 5.74) is 0. The van der Waals surface area contributed by atoms with E-state index in [0.717, 1.165) is 43.4 Å². The van der Waals surface area contributed by atoms with Gasteiger partial charge in [0, 0.05) is 23.6 Å². The molecule has 1 heterocycles. The summed E-state index contributed by atoms with van der Waals surface area (Å²) in [4.78, 5) is 3.44. The Morgan fingerprint density at radius 2 is 1.94 bits per heavy atom. The highest BCUT2D eigenvalue weighted by atomic mass is 32.2. The van der Waals surface area contributed by atoms with Crippen molar-refractivity contribution in [1.29, 1.82) is 0 Å². The van der Waals surface area contributed by atoms with E-state index in [1.165, 1.54) is 4.90 Å². The number of hydrogen-bond acceptors (Lipinski definition) is 4. The van der Waals surface area contributed by atoms with Crippen LogP contribution in [0.15, 0.2) is 23.1 Å². The molecule has 1 aliphatic heterocycles. The molecule has 0 spiro atoms. The van der Waals surface area contributed by atoms with Crippen molar-refractivity contribution < 1.29 is 9.47 Å². The lowest BCUT2D eigenvalue weighted by Crippen LogP contribution is -2.14. The van der Waals surface area contributed by atoms with Crippen LogP contribution in [-0.2, 0) is 0 Å². The highest BCUT2D eigenvalue weighted by Crippen LogP contribution is 2.33. The Bertz CT molecular complexity index is 368. The minimum absolute atomic E-state index is 0.749. The fraction of sp³-hybridized carbons (Fsp3) is 0.538. The molecule has 0 aromatic heterocycles. The number of thioether (sulfide) groups is 1. The van der Waals surface area contributed by atoms with E-state index < -0.39 is 0 Å². The molecule has 1 aromatic carbocycles. The first-order valence-electron chi connectivity index (χ1n) is 5.93. The lowest BCUT2D eigenvalue weighted by atomic mass is 10.3. The fourth-order valence-corrected chi connectivity index (χ4v) is 2.63. The lowest BCUT2D eigenvalue weighted by molar-refractivity contribution is 0.297. The monoisotopic (exact) mass is 253 g/mol. The lowest BCUT2D eigenvalue weighted by Gasteiger charge is -2.11. The van der Waals surface area contributed by atoms with Gasteiger partial charge >= 0.3 is 0 Å². The number of hydrogen-bond donors (Lipinski definition) is 0. The van der Waals surface area contributed by atoms with E-state index in [1.54, 1.807) is 0 Å². The average Bonchev–Trinajstić information content (AvgIpc) is 2.53. The van der Waals surface area contributed by atoms with Gasteiger partial charge in [-0.15, -0.1) is 11.8 Å². The van der Waals surface area contributed by atoms with E-state index >= 15 is 0 Å². The van der Waals surface area contributed by atoms with Crippen LogP contribution in [0.25, 0.3) is 0 Å². The van der Waals surface area contributed by atoms with Crippen LogP contribution < -0.4 is 9.47 Å². The molecule has 0 saturated heterocycles. The largest absolute Gasteiger partial charge is 0.490 e. The van der Waals surface area contributed by atoms with Crippen LogP contribution in [-0.4, -0.2) is 44.5 Å². The quantitative estimate of drug-likeness (QED) is 0.769. The second-order valence-electron chi connectivity index (χ2n) is 4.31. The first-order chi connectivity index (χ1) is 8.25. The van der Waals surface area contributed by atoms with E-state index in [-0.39, 0.29) is 0 Å². The first-order valence-corrected chi connectivity index (χ1v) is 6.91. The van der Waals surface area contributed by atoms with Crippen molar-refractivity contribution in [3.05, 3.63) is 18.2 Å². The Morgan fingerprint density at radius 3 is 2.71 bits per heavy atom. The molecule has 0 bridgehead atoms. The molecule has 0 radical (unpaired) electrons. The van der Waals surface area contributed by atoms with Gasteiger partial charge in [-0.1, -0.05) is 0 Å². The summed E-state index contributed by atoms with van der Waals surface area (Å²) in [6, 6.07) is 6.20. The second kappa shape index (κ2) is 6.17. The molecule has 0 saturated carbocycles. The van der Waals surface area contributed by atoms with E-state index in [4.69, 9.17) is 9.47 Å². The minimum atomic E-state index is 0.749. The third-order valence-electron chi connectivity index (χ3n) is 2.53. The number of fused-ring (bicyclic) bond motifs is 1. The summed E-state index contributed by atoms with van der Waals surface area (Å²) in [6.45, 7) is 2.58. The van der Waals surface area contributed by atoms with Gasteiger partial charge in [-0.05, 0) is 32.3 Å². The highest BCUT2D eigenvalue weighted by Gasteiger charge is 2.10. The Balaban J connectivity index is 1.97. The zero-order valence-corrected chi connectivity index (χ0v) is 11.3. The maximum atomic E-state index is 5.67. The molecule has 0 N–H and O–H groups in total. The number of ether oxygens (including phenoxy) is 2.